The third kappa shape index (κ3) is 4.09. The number of hydrogen-bond acceptors (Lipinski definition) is 3. The van der Waals surface area contributed by atoms with E-state index in [9.17, 15) is 10.2 Å². The lowest BCUT2D eigenvalue weighted by molar-refractivity contribution is 0.174. The van der Waals surface area contributed by atoms with Crippen molar-refractivity contribution in [2.24, 2.45) is 0 Å². The summed E-state index contributed by atoms with van der Waals surface area (Å²) in [5.41, 5.74) is 3.15. The Morgan fingerprint density at radius 1 is 1.11 bits per heavy atom. The van der Waals surface area contributed by atoms with Crippen LogP contribution in [0.4, 0.5) is 0 Å². The number of aromatic hydroxyl groups is 1. The number of nitrogens with one attached hydrogen (secondary N) is 1. The lowest BCUT2D eigenvalue weighted by Crippen LogP contribution is -2.21. The van der Waals surface area contributed by atoms with Crippen LogP contribution in [-0.2, 0) is 6.54 Å². The van der Waals surface area contributed by atoms with Crippen LogP contribution in [0.15, 0.2) is 48.5 Å². The van der Waals surface area contributed by atoms with Gasteiger partial charge in [0.25, 0.3) is 0 Å². The Hall–Kier alpha value is -1.84. The van der Waals surface area contributed by atoms with Gasteiger partial charge in [0.05, 0.1) is 6.10 Å². The number of aryl methyl sites for hydroxylation is 1. The van der Waals surface area contributed by atoms with E-state index >= 15 is 0 Å². The first kappa shape index (κ1) is 13.6. The quantitative estimate of drug-likeness (QED) is 0.771. The summed E-state index contributed by atoms with van der Waals surface area (Å²) >= 11 is 0. The molecule has 0 aromatic heterocycles. The maximum absolute atomic E-state index is 9.99. The normalized spacial score (nSPS) is 12.3. The average molecular weight is 257 g/mol. The van der Waals surface area contributed by atoms with Crippen LogP contribution in [-0.4, -0.2) is 16.8 Å². The highest BCUT2D eigenvalue weighted by molar-refractivity contribution is 5.28. The lowest BCUT2D eigenvalue weighted by Gasteiger charge is -2.12. The van der Waals surface area contributed by atoms with E-state index in [0.29, 0.717) is 6.54 Å². The SMILES string of the molecule is Cc1ccc(CNC[C@@H](O)c2cccc(O)c2)cc1. The molecule has 0 saturated heterocycles. The molecule has 0 unspecified atom stereocenters. The van der Waals surface area contributed by atoms with Crippen molar-refractivity contribution in [1.82, 2.24) is 5.32 Å². The summed E-state index contributed by atoms with van der Waals surface area (Å²) in [6.07, 6.45) is -0.613. The van der Waals surface area contributed by atoms with Crippen LogP contribution in [0.3, 0.4) is 0 Å². The van der Waals surface area contributed by atoms with Crippen LogP contribution in [0.1, 0.15) is 22.8 Å². The van der Waals surface area contributed by atoms with E-state index in [1.54, 1.807) is 24.3 Å². The van der Waals surface area contributed by atoms with Crippen molar-refractivity contribution in [3.05, 3.63) is 65.2 Å². The van der Waals surface area contributed by atoms with Crippen LogP contribution in [0.5, 0.6) is 5.75 Å². The van der Waals surface area contributed by atoms with Crippen LogP contribution in [0.2, 0.25) is 0 Å². The molecule has 3 heteroatoms. The van der Waals surface area contributed by atoms with Crippen LogP contribution >= 0.6 is 0 Å². The molecule has 2 aromatic carbocycles. The van der Waals surface area contributed by atoms with Gasteiger partial charge in [0.1, 0.15) is 5.75 Å². The second kappa shape index (κ2) is 6.36. The third-order valence-corrected chi connectivity index (χ3v) is 3.04. The molecule has 0 fully saturated rings. The fraction of sp³-hybridized carbons (Fsp3) is 0.250. The molecule has 19 heavy (non-hydrogen) atoms. The van der Waals surface area contributed by atoms with E-state index in [2.05, 4.69) is 36.5 Å². The first-order valence-corrected chi connectivity index (χ1v) is 6.38. The van der Waals surface area contributed by atoms with E-state index in [1.807, 2.05) is 0 Å². The van der Waals surface area contributed by atoms with E-state index < -0.39 is 6.10 Å². The van der Waals surface area contributed by atoms with E-state index in [-0.39, 0.29) is 5.75 Å². The zero-order valence-corrected chi connectivity index (χ0v) is 11.0. The topological polar surface area (TPSA) is 52.5 Å². The second-order valence-corrected chi connectivity index (χ2v) is 4.73. The third-order valence-electron chi connectivity index (χ3n) is 3.04. The molecule has 3 N–H and O–H groups in total. The predicted octanol–water partition coefficient (Wildman–Crippen LogP) is 2.52. The van der Waals surface area contributed by atoms with Gasteiger partial charge < -0.3 is 15.5 Å². The van der Waals surface area contributed by atoms with Gasteiger partial charge in [-0.1, -0.05) is 42.0 Å². The lowest BCUT2D eigenvalue weighted by atomic mass is 10.1. The van der Waals surface area contributed by atoms with E-state index in [4.69, 9.17) is 0 Å². The van der Waals surface area contributed by atoms with Crippen molar-refractivity contribution in [3.63, 3.8) is 0 Å². The Balaban J connectivity index is 1.84. The van der Waals surface area contributed by atoms with Crippen molar-refractivity contribution in [2.75, 3.05) is 6.54 Å². The van der Waals surface area contributed by atoms with Crippen molar-refractivity contribution < 1.29 is 10.2 Å². The molecule has 0 heterocycles. The number of phenols is 1. The highest BCUT2D eigenvalue weighted by Crippen LogP contribution is 2.17. The largest absolute Gasteiger partial charge is 0.508 e. The summed E-state index contributed by atoms with van der Waals surface area (Å²) in [4.78, 5) is 0. The molecule has 0 radical (unpaired) electrons. The summed E-state index contributed by atoms with van der Waals surface area (Å²) in [6, 6.07) is 15.0. The van der Waals surface area contributed by atoms with Gasteiger partial charge in [-0.2, -0.15) is 0 Å². The minimum Gasteiger partial charge on any atom is -0.508 e. The summed E-state index contributed by atoms with van der Waals surface area (Å²) in [6.45, 7) is 3.23. The van der Waals surface area contributed by atoms with Crippen LogP contribution < -0.4 is 5.32 Å². The summed E-state index contributed by atoms with van der Waals surface area (Å²) in [5.74, 6) is 0.176. The fourth-order valence-corrected chi connectivity index (χ4v) is 1.91. The molecule has 0 aliphatic rings. The Labute approximate surface area is 113 Å². The van der Waals surface area contributed by atoms with Crippen molar-refractivity contribution in [2.45, 2.75) is 19.6 Å². The first-order valence-electron chi connectivity index (χ1n) is 6.38. The molecule has 1 atom stereocenters. The molecule has 0 bridgehead atoms. The zero-order valence-electron chi connectivity index (χ0n) is 11.0. The van der Waals surface area contributed by atoms with E-state index in [0.717, 1.165) is 12.1 Å². The molecule has 3 nitrogen and oxygen atoms in total. The smallest absolute Gasteiger partial charge is 0.115 e. The highest BCUT2D eigenvalue weighted by atomic mass is 16.3. The fourth-order valence-electron chi connectivity index (χ4n) is 1.91. The van der Waals surface area contributed by atoms with Gasteiger partial charge in [0.15, 0.2) is 0 Å². The number of rotatable bonds is 5. The number of aliphatic hydroxyl groups is 1. The van der Waals surface area contributed by atoms with Gasteiger partial charge in [0.2, 0.25) is 0 Å². The number of hydrogen-bond donors (Lipinski definition) is 3. The van der Waals surface area contributed by atoms with Crippen molar-refractivity contribution in [1.29, 1.82) is 0 Å². The maximum Gasteiger partial charge on any atom is 0.115 e. The van der Waals surface area contributed by atoms with Gasteiger partial charge in [-0.3, -0.25) is 0 Å². The highest BCUT2D eigenvalue weighted by Gasteiger charge is 2.07. The number of benzene rings is 2. The van der Waals surface area contributed by atoms with Gasteiger partial charge >= 0.3 is 0 Å². The molecule has 0 saturated carbocycles. The zero-order chi connectivity index (χ0) is 13.7. The summed E-state index contributed by atoms with van der Waals surface area (Å²) in [5, 5.41) is 22.6. The Bertz CT molecular complexity index is 523. The van der Waals surface area contributed by atoms with Crippen LogP contribution in [0, 0.1) is 6.92 Å². The molecule has 2 aromatic rings. The van der Waals surface area contributed by atoms with Crippen LogP contribution in [0.25, 0.3) is 0 Å². The minimum atomic E-state index is -0.613. The predicted molar refractivity (Wildman–Crippen MR) is 76.0 cm³/mol. The Morgan fingerprint density at radius 3 is 2.53 bits per heavy atom. The van der Waals surface area contributed by atoms with Crippen molar-refractivity contribution >= 4 is 0 Å². The maximum atomic E-state index is 9.99. The monoisotopic (exact) mass is 257 g/mol. The molecule has 0 aliphatic carbocycles. The number of aliphatic hydroxyl groups excluding tert-OH is 1. The van der Waals surface area contributed by atoms with Gasteiger partial charge in [-0.25, -0.2) is 0 Å². The molecule has 0 amide bonds. The average Bonchev–Trinajstić information content (AvgIpc) is 2.41. The summed E-state index contributed by atoms with van der Waals surface area (Å²) < 4.78 is 0. The van der Waals surface area contributed by atoms with Crippen molar-refractivity contribution in [3.8, 4) is 5.75 Å². The van der Waals surface area contributed by atoms with Gasteiger partial charge in [-0.15, -0.1) is 0 Å². The molecule has 2 rings (SSSR count). The minimum absolute atomic E-state index is 0.176. The second-order valence-electron chi connectivity index (χ2n) is 4.73. The number of phenolic OH excluding ortho intramolecular Hbond substituents is 1. The summed E-state index contributed by atoms with van der Waals surface area (Å²) in [7, 11) is 0. The van der Waals surface area contributed by atoms with Gasteiger partial charge in [-0.05, 0) is 30.2 Å². The molecule has 0 spiro atoms. The standard InChI is InChI=1S/C16H19NO2/c1-12-5-7-13(8-6-12)10-17-11-16(19)14-3-2-4-15(18)9-14/h2-9,16-19H,10-11H2,1H3/t16-/m1/s1. The Morgan fingerprint density at radius 2 is 1.84 bits per heavy atom. The molecular weight excluding hydrogens is 238 g/mol. The molecule has 0 aliphatic heterocycles. The first-order chi connectivity index (χ1) is 9.15. The molecule has 100 valence electrons. The Kier molecular flexibility index (Phi) is 4.55. The molecular formula is C16H19NO2. The van der Waals surface area contributed by atoms with E-state index in [1.165, 1.54) is 11.1 Å². The van der Waals surface area contributed by atoms with Gasteiger partial charge in [0, 0.05) is 13.1 Å².